The molecule has 2 N–H and O–H groups in total. The molecule has 13 heavy (non-hydrogen) atoms. The summed E-state index contributed by atoms with van der Waals surface area (Å²) in [6.45, 7) is 3.14. The number of aromatic hydroxyl groups is 1. The fraction of sp³-hybridized carbons (Fsp3) is 0.455. The Balaban J connectivity index is 2.39. The van der Waals surface area contributed by atoms with Crippen LogP contribution in [0.1, 0.15) is 18.1 Å². The molecular formula is C11H15NO. The van der Waals surface area contributed by atoms with Gasteiger partial charge in [-0.15, -0.1) is 0 Å². The molecule has 1 heterocycles. The van der Waals surface area contributed by atoms with E-state index in [2.05, 4.69) is 18.3 Å². The van der Waals surface area contributed by atoms with Gasteiger partial charge in [-0.1, -0.05) is 12.1 Å². The van der Waals surface area contributed by atoms with Crippen LogP contribution in [-0.2, 0) is 12.8 Å². The summed E-state index contributed by atoms with van der Waals surface area (Å²) in [7, 11) is 0. The van der Waals surface area contributed by atoms with E-state index in [0.717, 1.165) is 24.9 Å². The van der Waals surface area contributed by atoms with Gasteiger partial charge in [-0.3, -0.25) is 0 Å². The predicted molar refractivity (Wildman–Crippen MR) is 53.0 cm³/mol. The molecular weight excluding hydrogens is 162 g/mol. The molecule has 0 aromatic heterocycles. The van der Waals surface area contributed by atoms with Crippen LogP contribution in [0.25, 0.3) is 0 Å². The second kappa shape index (κ2) is 3.38. The number of fused-ring (bicyclic) bond motifs is 1. The SMILES string of the molecule is CC1Cc2cccc(O)c2CCN1. The van der Waals surface area contributed by atoms with Gasteiger partial charge in [-0.25, -0.2) is 0 Å². The average Bonchev–Trinajstić information content (AvgIpc) is 2.27. The summed E-state index contributed by atoms with van der Waals surface area (Å²) in [6, 6.07) is 6.32. The van der Waals surface area contributed by atoms with Crippen LogP contribution >= 0.6 is 0 Å². The Morgan fingerprint density at radius 2 is 2.31 bits per heavy atom. The van der Waals surface area contributed by atoms with Crippen molar-refractivity contribution in [2.45, 2.75) is 25.8 Å². The van der Waals surface area contributed by atoms with E-state index in [1.165, 1.54) is 5.56 Å². The second-order valence-corrected chi connectivity index (χ2v) is 3.72. The lowest BCUT2D eigenvalue weighted by atomic mass is 10.0. The minimum absolute atomic E-state index is 0.452. The van der Waals surface area contributed by atoms with Gasteiger partial charge in [0.2, 0.25) is 0 Å². The average molecular weight is 177 g/mol. The van der Waals surface area contributed by atoms with Crippen LogP contribution in [0.15, 0.2) is 18.2 Å². The number of nitrogens with one attached hydrogen (secondary N) is 1. The van der Waals surface area contributed by atoms with E-state index in [4.69, 9.17) is 0 Å². The van der Waals surface area contributed by atoms with Gasteiger partial charge in [0.05, 0.1) is 0 Å². The maximum atomic E-state index is 9.64. The fourth-order valence-corrected chi connectivity index (χ4v) is 1.95. The summed E-state index contributed by atoms with van der Waals surface area (Å²) in [5, 5.41) is 13.0. The Hall–Kier alpha value is -1.02. The zero-order chi connectivity index (χ0) is 9.26. The van der Waals surface area contributed by atoms with Crippen LogP contribution in [0.4, 0.5) is 0 Å². The maximum Gasteiger partial charge on any atom is 0.119 e. The third-order valence-corrected chi connectivity index (χ3v) is 2.64. The first kappa shape index (κ1) is 8.57. The molecule has 2 rings (SSSR count). The monoisotopic (exact) mass is 177 g/mol. The Kier molecular flexibility index (Phi) is 2.23. The van der Waals surface area contributed by atoms with Gasteiger partial charge in [0.25, 0.3) is 0 Å². The minimum atomic E-state index is 0.452. The molecule has 0 bridgehead atoms. The molecule has 1 aliphatic heterocycles. The Bertz CT molecular complexity index is 309. The van der Waals surface area contributed by atoms with Crippen LogP contribution in [0.3, 0.4) is 0 Å². The van der Waals surface area contributed by atoms with Crippen molar-refractivity contribution in [3.05, 3.63) is 29.3 Å². The number of phenols is 1. The van der Waals surface area contributed by atoms with Crippen molar-refractivity contribution in [1.82, 2.24) is 5.32 Å². The number of phenolic OH excluding ortho intramolecular Hbond substituents is 1. The van der Waals surface area contributed by atoms with Crippen LogP contribution in [0, 0.1) is 0 Å². The Labute approximate surface area is 78.6 Å². The van der Waals surface area contributed by atoms with Gasteiger partial charge in [0, 0.05) is 6.04 Å². The molecule has 70 valence electrons. The van der Waals surface area contributed by atoms with Crippen LogP contribution in [0.2, 0.25) is 0 Å². The molecule has 1 aromatic rings. The molecule has 1 aliphatic rings. The lowest BCUT2D eigenvalue weighted by molar-refractivity contribution is 0.467. The lowest BCUT2D eigenvalue weighted by Crippen LogP contribution is -2.27. The van der Waals surface area contributed by atoms with Crippen LogP contribution < -0.4 is 5.32 Å². The highest BCUT2D eigenvalue weighted by Crippen LogP contribution is 2.24. The summed E-state index contributed by atoms with van der Waals surface area (Å²) in [5.41, 5.74) is 2.41. The topological polar surface area (TPSA) is 32.3 Å². The second-order valence-electron chi connectivity index (χ2n) is 3.72. The van der Waals surface area contributed by atoms with E-state index in [1.54, 1.807) is 6.07 Å². The molecule has 0 aliphatic carbocycles. The molecule has 2 nitrogen and oxygen atoms in total. The zero-order valence-electron chi connectivity index (χ0n) is 7.88. The summed E-state index contributed by atoms with van der Waals surface area (Å²) in [4.78, 5) is 0. The molecule has 0 saturated carbocycles. The Morgan fingerprint density at radius 1 is 1.46 bits per heavy atom. The third-order valence-electron chi connectivity index (χ3n) is 2.64. The molecule has 1 aromatic carbocycles. The van der Waals surface area contributed by atoms with Crippen molar-refractivity contribution in [3.63, 3.8) is 0 Å². The first-order chi connectivity index (χ1) is 6.27. The molecule has 0 saturated heterocycles. The van der Waals surface area contributed by atoms with Gasteiger partial charge in [0.1, 0.15) is 5.75 Å². The molecule has 0 fully saturated rings. The number of hydrogen-bond acceptors (Lipinski definition) is 2. The van der Waals surface area contributed by atoms with Gasteiger partial charge >= 0.3 is 0 Å². The van der Waals surface area contributed by atoms with Gasteiger partial charge < -0.3 is 10.4 Å². The molecule has 2 heteroatoms. The smallest absolute Gasteiger partial charge is 0.119 e. The predicted octanol–water partition coefficient (Wildman–Crippen LogP) is 1.47. The fourth-order valence-electron chi connectivity index (χ4n) is 1.95. The first-order valence-electron chi connectivity index (χ1n) is 4.80. The van der Waals surface area contributed by atoms with E-state index >= 15 is 0 Å². The quantitative estimate of drug-likeness (QED) is 0.629. The molecule has 1 atom stereocenters. The van der Waals surface area contributed by atoms with Gasteiger partial charge in [-0.05, 0) is 43.5 Å². The van der Waals surface area contributed by atoms with Crippen LogP contribution in [-0.4, -0.2) is 17.7 Å². The largest absolute Gasteiger partial charge is 0.508 e. The third kappa shape index (κ3) is 1.68. The first-order valence-corrected chi connectivity index (χ1v) is 4.80. The van der Waals surface area contributed by atoms with Crippen molar-refractivity contribution < 1.29 is 5.11 Å². The van der Waals surface area contributed by atoms with Crippen molar-refractivity contribution in [2.24, 2.45) is 0 Å². The van der Waals surface area contributed by atoms with E-state index in [9.17, 15) is 5.11 Å². The highest BCUT2D eigenvalue weighted by atomic mass is 16.3. The summed E-state index contributed by atoms with van der Waals surface area (Å²) < 4.78 is 0. The summed E-state index contributed by atoms with van der Waals surface area (Å²) in [6.07, 6.45) is 1.95. The number of rotatable bonds is 0. The van der Waals surface area contributed by atoms with Crippen molar-refractivity contribution in [1.29, 1.82) is 0 Å². The van der Waals surface area contributed by atoms with E-state index < -0.39 is 0 Å². The van der Waals surface area contributed by atoms with Crippen LogP contribution in [0.5, 0.6) is 5.75 Å². The summed E-state index contributed by atoms with van der Waals surface area (Å²) >= 11 is 0. The number of benzene rings is 1. The standard InChI is InChI=1S/C11H15NO/c1-8-7-9-3-2-4-11(13)10(9)5-6-12-8/h2-4,8,12-13H,5-7H2,1H3. The number of hydrogen-bond donors (Lipinski definition) is 2. The van der Waals surface area contributed by atoms with Crippen molar-refractivity contribution >= 4 is 0 Å². The molecule has 0 amide bonds. The summed E-state index contributed by atoms with van der Waals surface area (Å²) in [5.74, 6) is 0.452. The van der Waals surface area contributed by atoms with E-state index in [0.29, 0.717) is 11.8 Å². The molecule has 0 radical (unpaired) electrons. The van der Waals surface area contributed by atoms with Crippen molar-refractivity contribution in [3.8, 4) is 5.75 Å². The minimum Gasteiger partial charge on any atom is -0.508 e. The highest BCUT2D eigenvalue weighted by molar-refractivity contribution is 5.40. The molecule has 0 spiro atoms. The normalized spacial score (nSPS) is 22.1. The highest BCUT2D eigenvalue weighted by Gasteiger charge is 2.14. The zero-order valence-corrected chi connectivity index (χ0v) is 7.88. The van der Waals surface area contributed by atoms with Gasteiger partial charge in [0.15, 0.2) is 0 Å². The van der Waals surface area contributed by atoms with Gasteiger partial charge in [-0.2, -0.15) is 0 Å². The Morgan fingerprint density at radius 3 is 3.15 bits per heavy atom. The maximum absolute atomic E-state index is 9.64. The van der Waals surface area contributed by atoms with Crippen molar-refractivity contribution in [2.75, 3.05) is 6.54 Å². The lowest BCUT2D eigenvalue weighted by Gasteiger charge is -2.09. The molecule has 1 unspecified atom stereocenters. The van der Waals surface area contributed by atoms with E-state index in [-0.39, 0.29) is 0 Å². The van der Waals surface area contributed by atoms with E-state index in [1.807, 2.05) is 6.07 Å².